The smallest absolute Gasteiger partial charge is 0.221 e. The van der Waals surface area contributed by atoms with Crippen LogP contribution in [0, 0.1) is 0 Å². The summed E-state index contributed by atoms with van der Waals surface area (Å²) in [7, 11) is 0. The Bertz CT molecular complexity index is 558. The maximum atomic E-state index is 11.9. The lowest BCUT2D eigenvalue weighted by molar-refractivity contribution is -0.122. The molecule has 0 aromatic heterocycles. The molecule has 0 radical (unpaired) electrons. The van der Waals surface area contributed by atoms with E-state index >= 15 is 0 Å². The van der Waals surface area contributed by atoms with Crippen molar-refractivity contribution in [3.8, 4) is 0 Å². The van der Waals surface area contributed by atoms with E-state index in [0.29, 0.717) is 13.1 Å². The van der Waals surface area contributed by atoms with Crippen LogP contribution in [0.4, 0.5) is 0 Å². The van der Waals surface area contributed by atoms with Gasteiger partial charge in [0, 0.05) is 25.6 Å². The van der Waals surface area contributed by atoms with Gasteiger partial charge in [-0.3, -0.25) is 4.79 Å². The molecule has 0 saturated heterocycles. The standard InChI is InChI=1S/C18H22N2O2/c21-14-17(19-12-15-7-3-1-4-8-15)11-18(22)20-13-16-9-5-2-6-10-16/h1-10,17,19,21H,11-14H2,(H,20,22)/t17-/m0/s1. The van der Waals surface area contributed by atoms with Crippen LogP contribution in [0.3, 0.4) is 0 Å². The lowest BCUT2D eigenvalue weighted by Crippen LogP contribution is -2.37. The first kappa shape index (κ1) is 16.2. The molecule has 0 aliphatic heterocycles. The maximum Gasteiger partial charge on any atom is 0.221 e. The summed E-state index contributed by atoms with van der Waals surface area (Å²) in [6.45, 7) is 1.08. The molecule has 0 saturated carbocycles. The highest BCUT2D eigenvalue weighted by Crippen LogP contribution is 2.01. The molecule has 2 rings (SSSR count). The van der Waals surface area contributed by atoms with Crippen LogP contribution < -0.4 is 10.6 Å². The average Bonchev–Trinajstić information content (AvgIpc) is 2.58. The third kappa shape index (κ3) is 5.68. The molecule has 1 amide bonds. The molecule has 116 valence electrons. The van der Waals surface area contributed by atoms with E-state index in [2.05, 4.69) is 10.6 Å². The second-order valence-corrected chi connectivity index (χ2v) is 5.21. The Morgan fingerprint density at radius 2 is 1.45 bits per heavy atom. The average molecular weight is 298 g/mol. The van der Waals surface area contributed by atoms with Gasteiger partial charge in [-0.25, -0.2) is 0 Å². The third-order valence-corrected chi connectivity index (χ3v) is 3.42. The van der Waals surface area contributed by atoms with Crippen LogP contribution in [0.1, 0.15) is 17.5 Å². The Balaban J connectivity index is 1.73. The second kappa shape index (κ2) is 8.97. The number of hydrogen-bond donors (Lipinski definition) is 3. The molecule has 0 fully saturated rings. The first-order valence-corrected chi connectivity index (χ1v) is 7.46. The summed E-state index contributed by atoms with van der Waals surface area (Å²) < 4.78 is 0. The predicted octanol–water partition coefficient (Wildman–Crippen LogP) is 1.84. The molecule has 0 spiro atoms. The van der Waals surface area contributed by atoms with E-state index < -0.39 is 0 Å². The lowest BCUT2D eigenvalue weighted by atomic mass is 10.1. The number of carbonyl (C=O) groups excluding carboxylic acids is 1. The Kier molecular flexibility index (Phi) is 6.61. The highest BCUT2D eigenvalue weighted by molar-refractivity contribution is 5.76. The van der Waals surface area contributed by atoms with Gasteiger partial charge in [0.05, 0.1) is 6.61 Å². The van der Waals surface area contributed by atoms with Gasteiger partial charge in [-0.2, -0.15) is 0 Å². The van der Waals surface area contributed by atoms with E-state index in [9.17, 15) is 9.90 Å². The van der Waals surface area contributed by atoms with Crippen LogP contribution in [0.25, 0.3) is 0 Å². The van der Waals surface area contributed by atoms with Gasteiger partial charge in [-0.1, -0.05) is 60.7 Å². The minimum atomic E-state index is -0.240. The number of aliphatic hydroxyl groups is 1. The Hall–Kier alpha value is -2.17. The molecule has 0 heterocycles. The van der Waals surface area contributed by atoms with Gasteiger partial charge < -0.3 is 15.7 Å². The molecule has 0 bridgehead atoms. The summed E-state index contributed by atoms with van der Waals surface area (Å²) in [5.74, 6) is -0.0662. The van der Waals surface area contributed by atoms with Crippen molar-refractivity contribution in [3.05, 3.63) is 71.8 Å². The van der Waals surface area contributed by atoms with Crippen molar-refractivity contribution in [2.24, 2.45) is 0 Å². The molecule has 2 aromatic rings. The van der Waals surface area contributed by atoms with Crippen molar-refractivity contribution in [1.82, 2.24) is 10.6 Å². The molecule has 4 nitrogen and oxygen atoms in total. The molecule has 0 aliphatic carbocycles. The van der Waals surface area contributed by atoms with Crippen molar-refractivity contribution in [2.45, 2.75) is 25.6 Å². The van der Waals surface area contributed by atoms with Gasteiger partial charge in [0.2, 0.25) is 5.91 Å². The number of rotatable bonds is 8. The van der Waals surface area contributed by atoms with Gasteiger partial charge in [0.25, 0.3) is 0 Å². The van der Waals surface area contributed by atoms with Gasteiger partial charge in [-0.05, 0) is 11.1 Å². The molecule has 2 aromatic carbocycles. The molecular weight excluding hydrogens is 276 g/mol. The van der Waals surface area contributed by atoms with Gasteiger partial charge in [0.15, 0.2) is 0 Å². The Labute approximate surface area is 131 Å². The minimum Gasteiger partial charge on any atom is -0.395 e. The van der Waals surface area contributed by atoms with Crippen LogP contribution in [0.2, 0.25) is 0 Å². The Morgan fingerprint density at radius 1 is 0.909 bits per heavy atom. The fourth-order valence-electron chi connectivity index (χ4n) is 2.15. The summed E-state index contributed by atoms with van der Waals surface area (Å²) in [6, 6.07) is 19.5. The number of hydrogen-bond acceptors (Lipinski definition) is 3. The highest BCUT2D eigenvalue weighted by atomic mass is 16.3. The molecule has 0 aliphatic rings. The number of aliphatic hydroxyl groups excluding tert-OH is 1. The maximum absolute atomic E-state index is 11.9. The lowest BCUT2D eigenvalue weighted by Gasteiger charge is -2.16. The van der Waals surface area contributed by atoms with E-state index in [0.717, 1.165) is 11.1 Å². The van der Waals surface area contributed by atoms with Crippen molar-refractivity contribution >= 4 is 5.91 Å². The van der Waals surface area contributed by atoms with Crippen molar-refractivity contribution in [1.29, 1.82) is 0 Å². The van der Waals surface area contributed by atoms with Crippen molar-refractivity contribution in [3.63, 3.8) is 0 Å². The van der Waals surface area contributed by atoms with Gasteiger partial charge >= 0.3 is 0 Å². The van der Waals surface area contributed by atoms with Crippen LogP contribution in [-0.2, 0) is 17.9 Å². The molecule has 3 N–H and O–H groups in total. The van der Waals surface area contributed by atoms with E-state index in [-0.39, 0.29) is 25.0 Å². The highest BCUT2D eigenvalue weighted by Gasteiger charge is 2.12. The van der Waals surface area contributed by atoms with E-state index in [1.54, 1.807) is 0 Å². The summed E-state index contributed by atoms with van der Waals surface area (Å²) in [4.78, 5) is 11.9. The molecule has 1 atom stereocenters. The molecule has 4 heteroatoms. The molecule has 22 heavy (non-hydrogen) atoms. The van der Waals surface area contributed by atoms with Crippen LogP contribution in [-0.4, -0.2) is 23.7 Å². The first-order chi connectivity index (χ1) is 10.8. The first-order valence-electron chi connectivity index (χ1n) is 7.46. The number of nitrogens with one attached hydrogen (secondary N) is 2. The Morgan fingerprint density at radius 3 is 2.00 bits per heavy atom. The number of amides is 1. The monoisotopic (exact) mass is 298 g/mol. The van der Waals surface area contributed by atoms with E-state index in [1.807, 2.05) is 60.7 Å². The fraction of sp³-hybridized carbons (Fsp3) is 0.278. The van der Waals surface area contributed by atoms with Crippen LogP contribution in [0.15, 0.2) is 60.7 Å². The minimum absolute atomic E-state index is 0.0639. The SMILES string of the molecule is O=C(C[C@@H](CO)NCc1ccccc1)NCc1ccccc1. The summed E-state index contributed by atoms with van der Waals surface area (Å²) >= 11 is 0. The normalized spacial score (nSPS) is 11.9. The number of benzene rings is 2. The fourth-order valence-corrected chi connectivity index (χ4v) is 2.15. The molecule has 0 unspecified atom stereocenters. The largest absolute Gasteiger partial charge is 0.395 e. The number of carbonyl (C=O) groups is 1. The van der Waals surface area contributed by atoms with E-state index in [4.69, 9.17) is 0 Å². The quantitative estimate of drug-likeness (QED) is 0.697. The zero-order valence-electron chi connectivity index (χ0n) is 12.5. The van der Waals surface area contributed by atoms with E-state index in [1.165, 1.54) is 0 Å². The summed E-state index contributed by atoms with van der Waals surface area (Å²) in [6.07, 6.45) is 0.260. The zero-order chi connectivity index (χ0) is 15.6. The molecular formula is C18H22N2O2. The summed E-state index contributed by atoms with van der Waals surface area (Å²) in [5.41, 5.74) is 2.19. The third-order valence-electron chi connectivity index (χ3n) is 3.42. The second-order valence-electron chi connectivity index (χ2n) is 5.21. The topological polar surface area (TPSA) is 61.4 Å². The van der Waals surface area contributed by atoms with Crippen molar-refractivity contribution in [2.75, 3.05) is 6.61 Å². The van der Waals surface area contributed by atoms with Crippen molar-refractivity contribution < 1.29 is 9.90 Å². The predicted molar refractivity (Wildman–Crippen MR) is 87.1 cm³/mol. The van der Waals surface area contributed by atoms with Gasteiger partial charge in [-0.15, -0.1) is 0 Å². The zero-order valence-corrected chi connectivity index (χ0v) is 12.5. The summed E-state index contributed by atoms with van der Waals surface area (Å²) in [5, 5.41) is 15.5. The van der Waals surface area contributed by atoms with Crippen LogP contribution in [0.5, 0.6) is 0 Å². The van der Waals surface area contributed by atoms with Gasteiger partial charge in [0.1, 0.15) is 0 Å². The van der Waals surface area contributed by atoms with Crippen LogP contribution >= 0.6 is 0 Å².